The monoisotopic (exact) mass is 335 g/mol. The molecule has 1 aromatic heterocycles. The Kier molecular flexibility index (Phi) is 5.67. The third-order valence-electron chi connectivity index (χ3n) is 4.78. The van der Waals surface area contributed by atoms with Crippen molar-refractivity contribution in [1.29, 1.82) is 0 Å². The van der Waals surface area contributed by atoms with Gasteiger partial charge in [0.1, 0.15) is 0 Å². The van der Waals surface area contributed by atoms with E-state index in [1.165, 1.54) is 11.3 Å². The minimum Gasteiger partial charge on any atom is -0.335 e. The van der Waals surface area contributed by atoms with Gasteiger partial charge in [-0.15, -0.1) is 11.3 Å². The van der Waals surface area contributed by atoms with Crippen molar-refractivity contribution in [1.82, 2.24) is 15.5 Å². The van der Waals surface area contributed by atoms with Gasteiger partial charge in [-0.25, -0.2) is 4.79 Å². The fourth-order valence-electron chi connectivity index (χ4n) is 3.64. The number of carbonyl (C=O) groups excluding carboxylic acids is 2. The van der Waals surface area contributed by atoms with Crippen molar-refractivity contribution in [3.05, 3.63) is 22.4 Å². The van der Waals surface area contributed by atoms with Crippen molar-refractivity contribution in [3.8, 4) is 0 Å². The highest BCUT2D eigenvalue weighted by Gasteiger charge is 2.28. The van der Waals surface area contributed by atoms with Crippen molar-refractivity contribution in [2.45, 2.75) is 57.0 Å². The van der Waals surface area contributed by atoms with Crippen LogP contribution in [0, 0.1) is 0 Å². The SMILES string of the molecule is O=C(CN1CCCC1c1cccs1)NC(=O)NC1CCCCC1. The normalized spacial score (nSPS) is 22.9. The maximum Gasteiger partial charge on any atom is 0.321 e. The largest absolute Gasteiger partial charge is 0.335 e. The highest BCUT2D eigenvalue weighted by atomic mass is 32.1. The molecule has 5 nitrogen and oxygen atoms in total. The standard InChI is InChI=1S/C17H25N3O2S/c21-16(19-17(22)18-13-6-2-1-3-7-13)12-20-10-4-8-14(20)15-9-5-11-23-15/h5,9,11,13-14H,1-4,6-8,10,12H2,(H2,18,19,21,22). The number of hydrogen-bond donors (Lipinski definition) is 2. The lowest BCUT2D eigenvalue weighted by molar-refractivity contribution is -0.121. The molecule has 1 saturated heterocycles. The summed E-state index contributed by atoms with van der Waals surface area (Å²) in [5.41, 5.74) is 0. The molecule has 1 atom stereocenters. The van der Waals surface area contributed by atoms with Crippen LogP contribution in [0.15, 0.2) is 17.5 Å². The van der Waals surface area contributed by atoms with Crippen molar-refractivity contribution in [2.75, 3.05) is 13.1 Å². The van der Waals surface area contributed by atoms with E-state index in [4.69, 9.17) is 0 Å². The number of nitrogens with one attached hydrogen (secondary N) is 2. The number of amides is 3. The number of thiophene rings is 1. The van der Waals surface area contributed by atoms with Gasteiger partial charge in [-0.3, -0.25) is 15.0 Å². The van der Waals surface area contributed by atoms with Gasteiger partial charge in [-0.2, -0.15) is 0 Å². The van der Waals surface area contributed by atoms with Gasteiger partial charge >= 0.3 is 6.03 Å². The van der Waals surface area contributed by atoms with Crippen LogP contribution in [0.2, 0.25) is 0 Å². The third-order valence-corrected chi connectivity index (χ3v) is 5.75. The second-order valence-electron chi connectivity index (χ2n) is 6.50. The molecule has 126 valence electrons. The molecule has 6 heteroatoms. The van der Waals surface area contributed by atoms with Gasteiger partial charge in [0.25, 0.3) is 0 Å². The summed E-state index contributed by atoms with van der Waals surface area (Å²) in [6.45, 7) is 1.21. The maximum atomic E-state index is 12.2. The Morgan fingerprint density at radius 3 is 2.74 bits per heavy atom. The minimum absolute atomic E-state index is 0.207. The highest BCUT2D eigenvalue weighted by Crippen LogP contribution is 2.33. The van der Waals surface area contributed by atoms with E-state index in [2.05, 4.69) is 27.0 Å². The zero-order chi connectivity index (χ0) is 16.1. The van der Waals surface area contributed by atoms with E-state index in [1.54, 1.807) is 11.3 Å². The van der Waals surface area contributed by atoms with Crippen LogP contribution in [0.25, 0.3) is 0 Å². The Labute approximate surface area is 141 Å². The van der Waals surface area contributed by atoms with Crippen LogP contribution >= 0.6 is 11.3 Å². The maximum absolute atomic E-state index is 12.2. The van der Waals surface area contributed by atoms with Crippen molar-refractivity contribution >= 4 is 23.3 Å². The van der Waals surface area contributed by atoms with Crippen LogP contribution in [0.1, 0.15) is 55.9 Å². The molecule has 0 bridgehead atoms. The summed E-state index contributed by atoms with van der Waals surface area (Å²) >= 11 is 1.74. The van der Waals surface area contributed by atoms with Gasteiger partial charge < -0.3 is 5.32 Å². The van der Waals surface area contributed by atoms with Gasteiger partial charge in [-0.1, -0.05) is 25.3 Å². The van der Waals surface area contributed by atoms with Crippen LogP contribution in [0.3, 0.4) is 0 Å². The van der Waals surface area contributed by atoms with E-state index < -0.39 is 0 Å². The summed E-state index contributed by atoms with van der Waals surface area (Å²) in [6, 6.07) is 4.38. The van der Waals surface area contributed by atoms with E-state index in [-0.39, 0.29) is 18.0 Å². The van der Waals surface area contributed by atoms with E-state index in [0.29, 0.717) is 12.6 Å². The lowest BCUT2D eigenvalue weighted by Gasteiger charge is -2.24. The zero-order valence-electron chi connectivity index (χ0n) is 13.4. The molecule has 2 aliphatic rings. The Balaban J connectivity index is 1.45. The Morgan fingerprint density at radius 2 is 2.00 bits per heavy atom. The van der Waals surface area contributed by atoms with E-state index in [0.717, 1.165) is 45.1 Å². The predicted molar refractivity (Wildman–Crippen MR) is 91.4 cm³/mol. The van der Waals surface area contributed by atoms with Crippen LogP contribution in [0.5, 0.6) is 0 Å². The molecule has 0 aromatic carbocycles. The second-order valence-corrected chi connectivity index (χ2v) is 7.48. The minimum atomic E-state index is -0.339. The molecule has 1 unspecified atom stereocenters. The second kappa shape index (κ2) is 7.93. The van der Waals surface area contributed by atoms with Gasteiger partial charge in [0.2, 0.25) is 5.91 Å². The Hall–Kier alpha value is -1.40. The average Bonchev–Trinajstić information content (AvgIpc) is 3.18. The van der Waals surface area contributed by atoms with Crippen LogP contribution in [-0.2, 0) is 4.79 Å². The molecule has 1 saturated carbocycles. The number of likely N-dealkylation sites (tertiary alicyclic amines) is 1. The van der Waals surface area contributed by atoms with Crippen LogP contribution in [-0.4, -0.2) is 36.0 Å². The molecular formula is C17H25N3O2S. The molecule has 1 aliphatic heterocycles. The fourth-order valence-corrected chi connectivity index (χ4v) is 4.53. The number of urea groups is 1. The van der Waals surface area contributed by atoms with Crippen molar-refractivity contribution in [3.63, 3.8) is 0 Å². The van der Waals surface area contributed by atoms with Gasteiger partial charge in [0, 0.05) is 17.0 Å². The molecule has 1 aliphatic carbocycles. The first kappa shape index (κ1) is 16.5. The molecule has 23 heavy (non-hydrogen) atoms. The molecule has 3 rings (SSSR count). The van der Waals surface area contributed by atoms with Gasteiger partial charge in [0.15, 0.2) is 0 Å². The summed E-state index contributed by atoms with van der Waals surface area (Å²) in [4.78, 5) is 27.6. The molecule has 0 radical (unpaired) electrons. The van der Waals surface area contributed by atoms with Gasteiger partial charge in [-0.05, 0) is 43.7 Å². The Morgan fingerprint density at radius 1 is 1.17 bits per heavy atom. The first-order valence-electron chi connectivity index (χ1n) is 8.60. The zero-order valence-corrected chi connectivity index (χ0v) is 14.2. The lowest BCUT2D eigenvalue weighted by Crippen LogP contribution is -2.47. The first-order valence-corrected chi connectivity index (χ1v) is 9.48. The number of imide groups is 1. The Bertz CT molecular complexity index is 526. The van der Waals surface area contributed by atoms with Crippen molar-refractivity contribution in [2.24, 2.45) is 0 Å². The quantitative estimate of drug-likeness (QED) is 0.889. The predicted octanol–water partition coefficient (Wildman–Crippen LogP) is 3.04. The molecule has 0 spiro atoms. The molecule has 2 N–H and O–H groups in total. The molecule has 2 heterocycles. The summed E-state index contributed by atoms with van der Waals surface area (Å²) in [6.07, 6.45) is 7.80. The van der Waals surface area contributed by atoms with E-state index in [9.17, 15) is 9.59 Å². The summed E-state index contributed by atoms with van der Waals surface area (Å²) < 4.78 is 0. The highest BCUT2D eigenvalue weighted by molar-refractivity contribution is 7.10. The smallest absolute Gasteiger partial charge is 0.321 e. The number of carbonyl (C=O) groups is 2. The van der Waals surface area contributed by atoms with Crippen LogP contribution in [0.4, 0.5) is 4.79 Å². The lowest BCUT2D eigenvalue weighted by atomic mass is 9.96. The molecule has 3 amide bonds. The number of hydrogen-bond acceptors (Lipinski definition) is 4. The third kappa shape index (κ3) is 4.54. The summed E-state index contributed by atoms with van der Waals surface area (Å²) in [5, 5.41) is 7.49. The topological polar surface area (TPSA) is 61.4 Å². The molecule has 1 aromatic rings. The van der Waals surface area contributed by atoms with E-state index in [1.807, 2.05) is 6.07 Å². The summed E-state index contributed by atoms with van der Waals surface area (Å²) in [7, 11) is 0. The summed E-state index contributed by atoms with van der Waals surface area (Å²) in [5.74, 6) is -0.207. The number of nitrogens with zero attached hydrogens (tertiary/aromatic N) is 1. The molecule has 2 fully saturated rings. The van der Waals surface area contributed by atoms with Crippen LogP contribution < -0.4 is 10.6 Å². The molecular weight excluding hydrogens is 310 g/mol. The number of rotatable bonds is 4. The van der Waals surface area contributed by atoms with Gasteiger partial charge in [0.05, 0.1) is 6.54 Å². The van der Waals surface area contributed by atoms with E-state index >= 15 is 0 Å². The van der Waals surface area contributed by atoms with Crippen molar-refractivity contribution < 1.29 is 9.59 Å². The first-order chi connectivity index (χ1) is 11.2. The average molecular weight is 335 g/mol. The fraction of sp³-hybridized carbons (Fsp3) is 0.647.